The number of aliphatic hydroxyl groups excluding tert-OH is 2. The molecule has 1 amide bonds. The minimum atomic E-state index is -0.806. The third-order valence-corrected chi connectivity index (χ3v) is 12.0. The lowest BCUT2D eigenvalue weighted by Gasteiger charge is -2.24. The highest BCUT2D eigenvalue weighted by Crippen LogP contribution is 2.17. The molecule has 0 bridgehead atoms. The summed E-state index contributed by atoms with van der Waals surface area (Å²) in [4.78, 5) is 26.1. The van der Waals surface area contributed by atoms with Gasteiger partial charge in [0.15, 0.2) is 0 Å². The van der Waals surface area contributed by atoms with E-state index >= 15 is 0 Å². The number of amides is 1. The molecule has 3 unspecified atom stereocenters. The number of carbonyl (C=O) groups is 2. The van der Waals surface area contributed by atoms with Gasteiger partial charge in [-0.25, -0.2) is 0 Å². The standard InChI is InChI=1S/C58H103NO5/c1-4-7-10-13-16-19-22-25-27-29-31-33-36-39-42-45-48-51-58(63)64-54(49-46-43-40-37-34-24-21-18-15-12-9-6-3)52-57(62)59-55(53-60)56(61)50-47-44-41-38-35-32-30-28-26-23-20-17-14-11-8-5-2/h7,10,16,19,25,27,31,33,37,39-40,42,54-56,60-61H,4-6,8-9,11-15,17-18,20-24,26,28-30,32,34-36,38,41,43-53H2,1-3H3,(H,59,62)/b10-7-,19-16-,27-25-,33-31-,40-37-,42-39-. The zero-order chi connectivity index (χ0) is 46.7. The molecule has 0 rings (SSSR count). The number of hydrogen-bond acceptors (Lipinski definition) is 5. The third kappa shape index (κ3) is 45.9. The fraction of sp³-hybridized carbons (Fsp3) is 0.759. The number of ether oxygens (including phenoxy) is 1. The Morgan fingerprint density at radius 1 is 0.469 bits per heavy atom. The van der Waals surface area contributed by atoms with Gasteiger partial charge in [0.05, 0.1) is 25.2 Å². The third-order valence-electron chi connectivity index (χ3n) is 12.0. The first-order chi connectivity index (χ1) is 31.5. The molecule has 3 N–H and O–H groups in total. The Balaban J connectivity index is 4.63. The number of esters is 1. The summed E-state index contributed by atoms with van der Waals surface area (Å²) in [5.74, 6) is -0.571. The van der Waals surface area contributed by atoms with Crippen LogP contribution in [0.4, 0.5) is 0 Å². The molecule has 0 aromatic carbocycles. The van der Waals surface area contributed by atoms with Gasteiger partial charge in [-0.2, -0.15) is 0 Å². The van der Waals surface area contributed by atoms with Gasteiger partial charge in [0.25, 0.3) is 0 Å². The molecule has 64 heavy (non-hydrogen) atoms. The van der Waals surface area contributed by atoms with Crippen molar-refractivity contribution in [3.63, 3.8) is 0 Å². The van der Waals surface area contributed by atoms with E-state index in [1.54, 1.807) is 0 Å². The summed E-state index contributed by atoms with van der Waals surface area (Å²) in [5.41, 5.74) is 0. The zero-order valence-corrected chi connectivity index (χ0v) is 42.1. The van der Waals surface area contributed by atoms with Gasteiger partial charge in [-0.3, -0.25) is 9.59 Å². The number of unbranched alkanes of at least 4 members (excludes halogenated alkanes) is 24. The Bertz CT molecular complexity index is 1190. The van der Waals surface area contributed by atoms with Crippen LogP contribution in [-0.4, -0.2) is 46.9 Å². The fourth-order valence-corrected chi connectivity index (χ4v) is 7.94. The van der Waals surface area contributed by atoms with Crippen LogP contribution < -0.4 is 5.32 Å². The van der Waals surface area contributed by atoms with E-state index < -0.39 is 18.2 Å². The topological polar surface area (TPSA) is 95.9 Å². The Hall–Kier alpha value is -2.70. The predicted molar refractivity (Wildman–Crippen MR) is 278 cm³/mol. The Morgan fingerprint density at radius 2 is 0.859 bits per heavy atom. The van der Waals surface area contributed by atoms with Crippen molar-refractivity contribution in [2.75, 3.05) is 6.61 Å². The van der Waals surface area contributed by atoms with Crippen LogP contribution >= 0.6 is 0 Å². The Morgan fingerprint density at radius 3 is 1.33 bits per heavy atom. The average molecular weight is 894 g/mol. The van der Waals surface area contributed by atoms with Crippen molar-refractivity contribution in [3.05, 3.63) is 72.9 Å². The molecule has 0 aromatic rings. The number of nitrogens with one attached hydrogen (secondary N) is 1. The van der Waals surface area contributed by atoms with Crippen molar-refractivity contribution in [2.24, 2.45) is 0 Å². The quantitative estimate of drug-likeness (QED) is 0.0321. The number of rotatable bonds is 48. The summed E-state index contributed by atoms with van der Waals surface area (Å²) in [5, 5.41) is 23.8. The molecule has 0 heterocycles. The maximum atomic E-state index is 13.2. The van der Waals surface area contributed by atoms with Crippen LogP contribution in [0.25, 0.3) is 0 Å². The first-order valence-electron chi connectivity index (χ1n) is 27.2. The normalized spacial score (nSPS) is 13.8. The van der Waals surface area contributed by atoms with E-state index in [-0.39, 0.29) is 24.9 Å². The molecule has 0 aromatic heterocycles. The monoisotopic (exact) mass is 894 g/mol. The molecule has 0 aliphatic heterocycles. The van der Waals surface area contributed by atoms with Crippen LogP contribution in [0.1, 0.15) is 258 Å². The van der Waals surface area contributed by atoms with E-state index in [1.165, 1.54) is 128 Å². The predicted octanol–water partition coefficient (Wildman–Crippen LogP) is 16.6. The second-order valence-electron chi connectivity index (χ2n) is 18.2. The summed E-state index contributed by atoms with van der Waals surface area (Å²) in [6.45, 7) is 6.35. The van der Waals surface area contributed by atoms with Crippen molar-refractivity contribution >= 4 is 11.9 Å². The van der Waals surface area contributed by atoms with Gasteiger partial charge in [-0.15, -0.1) is 0 Å². The zero-order valence-electron chi connectivity index (χ0n) is 42.1. The van der Waals surface area contributed by atoms with Crippen molar-refractivity contribution < 1.29 is 24.5 Å². The lowest BCUT2D eigenvalue weighted by atomic mass is 10.0. The first-order valence-corrected chi connectivity index (χ1v) is 27.2. The van der Waals surface area contributed by atoms with Gasteiger partial charge in [-0.05, 0) is 83.5 Å². The highest BCUT2D eigenvalue weighted by atomic mass is 16.5. The minimum absolute atomic E-state index is 0.0323. The number of aliphatic hydroxyl groups is 2. The molecule has 0 radical (unpaired) electrons. The maximum Gasteiger partial charge on any atom is 0.306 e. The molecule has 3 atom stereocenters. The van der Waals surface area contributed by atoms with Crippen LogP contribution in [0.15, 0.2) is 72.9 Å². The van der Waals surface area contributed by atoms with E-state index in [4.69, 9.17) is 4.74 Å². The molecule has 0 aliphatic carbocycles. The number of hydrogen-bond donors (Lipinski definition) is 3. The van der Waals surface area contributed by atoms with Crippen LogP contribution in [0.3, 0.4) is 0 Å². The van der Waals surface area contributed by atoms with E-state index in [0.29, 0.717) is 25.7 Å². The van der Waals surface area contributed by atoms with E-state index in [1.807, 2.05) is 0 Å². The summed E-state index contributed by atoms with van der Waals surface area (Å²) in [6, 6.07) is -0.724. The van der Waals surface area contributed by atoms with Crippen molar-refractivity contribution in [3.8, 4) is 0 Å². The van der Waals surface area contributed by atoms with Gasteiger partial charge in [0, 0.05) is 6.42 Å². The summed E-state index contributed by atoms with van der Waals surface area (Å²) < 4.78 is 5.89. The van der Waals surface area contributed by atoms with Crippen LogP contribution in [0, 0.1) is 0 Å². The molecule has 370 valence electrons. The van der Waals surface area contributed by atoms with Gasteiger partial charge in [-0.1, -0.05) is 235 Å². The van der Waals surface area contributed by atoms with Crippen LogP contribution in [0.5, 0.6) is 0 Å². The second-order valence-corrected chi connectivity index (χ2v) is 18.2. The summed E-state index contributed by atoms with van der Waals surface area (Å²) in [7, 11) is 0. The average Bonchev–Trinajstić information content (AvgIpc) is 3.29. The fourth-order valence-electron chi connectivity index (χ4n) is 7.94. The second kappa shape index (κ2) is 51.3. The molecular formula is C58H103NO5. The van der Waals surface area contributed by atoms with Crippen molar-refractivity contribution in [2.45, 2.75) is 277 Å². The van der Waals surface area contributed by atoms with E-state index in [9.17, 15) is 19.8 Å². The van der Waals surface area contributed by atoms with Gasteiger partial charge < -0.3 is 20.3 Å². The maximum absolute atomic E-state index is 13.2. The Kier molecular flexibility index (Phi) is 49.1. The smallest absolute Gasteiger partial charge is 0.306 e. The SMILES string of the molecule is CC/C=C\C/C=C\C/C=C\C/C=C\C/C=C\CCCC(=O)OC(CCC/C=C\CCCCCCCCC)CC(=O)NC(CO)C(O)CCCCCCCCCCCCCCCCCC. The summed E-state index contributed by atoms with van der Waals surface area (Å²) >= 11 is 0. The first kappa shape index (κ1) is 61.3. The molecular weight excluding hydrogens is 791 g/mol. The van der Waals surface area contributed by atoms with Crippen LogP contribution in [0.2, 0.25) is 0 Å². The molecule has 0 saturated carbocycles. The van der Waals surface area contributed by atoms with Gasteiger partial charge in [0.1, 0.15) is 6.10 Å². The van der Waals surface area contributed by atoms with Crippen LogP contribution in [-0.2, 0) is 14.3 Å². The Labute approximate surface area is 396 Å². The molecule has 0 fully saturated rings. The van der Waals surface area contributed by atoms with Gasteiger partial charge in [0.2, 0.25) is 5.91 Å². The lowest BCUT2D eigenvalue weighted by Crippen LogP contribution is -2.46. The lowest BCUT2D eigenvalue weighted by molar-refractivity contribution is -0.151. The van der Waals surface area contributed by atoms with Crippen molar-refractivity contribution in [1.29, 1.82) is 0 Å². The number of allylic oxidation sites excluding steroid dienone is 12. The van der Waals surface area contributed by atoms with Crippen molar-refractivity contribution in [1.82, 2.24) is 5.32 Å². The molecule has 0 aliphatic rings. The summed E-state index contributed by atoms with van der Waals surface area (Å²) in [6.07, 6.45) is 65.4. The number of carbonyl (C=O) groups excluding carboxylic acids is 2. The highest BCUT2D eigenvalue weighted by Gasteiger charge is 2.24. The van der Waals surface area contributed by atoms with E-state index in [2.05, 4.69) is 99.0 Å². The largest absolute Gasteiger partial charge is 0.462 e. The molecule has 0 spiro atoms. The molecule has 6 nitrogen and oxygen atoms in total. The molecule has 0 saturated heterocycles. The van der Waals surface area contributed by atoms with E-state index in [0.717, 1.165) is 77.0 Å². The molecule has 6 heteroatoms. The highest BCUT2D eigenvalue weighted by molar-refractivity contribution is 5.77. The minimum Gasteiger partial charge on any atom is -0.462 e. The van der Waals surface area contributed by atoms with Gasteiger partial charge >= 0.3 is 5.97 Å².